The number of nitrogens with two attached hydrogens (primary N) is 1. The van der Waals surface area contributed by atoms with Crippen LogP contribution in [0.4, 0.5) is 0 Å². The van der Waals surface area contributed by atoms with Crippen LogP contribution in [0.3, 0.4) is 0 Å². The van der Waals surface area contributed by atoms with Crippen molar-refractivity contribution in [2.75, 3.05) is 0 Å². The van der Waals surface area contributed by atoms with Crippen LogP contribution in [0.1, 0.15) is 116 Å². The quantitative estimate of drug-likeness (QED) is 0.354. The number of nitrogens with one attached hydrogen (secondary N) is 2. The van der Waals surface area contributed by atoms with Gasteiger partial charge in [-0.1, -0.05) is 96.3 Å². The molecule has 3 fully saturated rings. The highest BCUT2D eigenvalue weighted by atomic mass is 16.4. The summed E-state index contributed by atoms with van der Waals surface area (Å²) >= 11 is 0. The first-order valence-electron chi connectivity index (χ1n) is 14.0. The van der Waals surface area contributed by atoms with Gasteiger partial charge in [-0.25, -0.2) is 4.79 Å². The molecule has 3 saturated carbocycles. The molecule has 7 nitrogen and oxygen atoms in total. The smallest absolute Gasteiger partial charge is 0.326 e. The standard InChI is InChI=1S/C27H47N3O4/c28-22(16-19-10-4-1-5-11-19)25(31)29-23(17-20-12-6-2-7-13-20)26(32)30-24(27(33)34)18-21-14-8-3-9-15-21/h19-24H,1-18,28H2,(H,29,31)(H,30,32)(H,33,34)/t22-,23-,24-/m0/s1. The number of carboxylic acid groups (broad SMARTS) is 1. The van der Waals surface area contributed by atoms with Gasteiger partial charge in [-0.15, -0.1) is 0 Å². The van der Waals surface area contributed by atoms with Crippen molar-refractivity contribution in [2.24, 2.45) is 23.5 Å². The van der Waals surface area contributed by atoms with E-state index in [0.717, 1.165) is 64.2 Å². The van der Waals surface area contributed by atoms with Crippen molar-refractivity contribution in [1.29, 1.82) is 0 Å². The Morgan fingerprint density at radius 3 is 1.44 bits per heavy atom. The molecule has 2 amide bonds. The van der Waals surface area contributed by atoms with Gasteiger partial charge in [0.15, 0.2) is 0 Å². The normalized spacial score (nSPS) is 23.6. The number of rotatable bonds is 11. The van der Waals surface area contributed by atoms with Crippen LogP contribution in [0, 0.1) is 17.8 Å². The Hall–Kier alpha value is -1.63. The highest BCUT2D eigenvalue weighted by Crippen LogP contribution is 2.30. The van der Waals surface area contributed by atoms with Gasteiger partial charge in [0.05, 0.1) is 6.04 Å². The lowest BCUT2D eigenvalue weighted by Crippen LogP contribution is -2.55. The number of aliphatic carboxylic acids is 1. The second-order valence-electron chi connectivity index (χ2n) is 11.3. The molecule has 0 heterocycles. The Morgan fingerprint density at radius 2 is 1.00 bits per heavy atom. The number of carboxylic acids is 1. The van der Waals surface area contributed by atoms with E-state index < -0.39 is 24.1 Å². The second kappa shape index (κ2) is 14.1. The number of amides is 2. The van der Waals surface area contributed by atoms with Gasteiger partial charge < -0.3 is 21.5 Å². The SMILES string of the molecule is N[C@@H](CC1CCCCC1)C(=O)N[C@@H](CC1CCCCC1)C(=O)N[C@@H](CC1CCCCC1)C(=O)O. The van der Waals surface area contributed by atoms with Gasteiger partial charge in [-0.2, -0.15) is 0 Å². The van der Waals surface area contributed by atoms with Gasteiger partial charge in [0.1, 0.15) is 12.1 Å². The molecule has 0 saturated heterocycles. The molecule has 0 bridgehead atoms. The molecule has 0 aromatic carbocycles. The lowest BCUT2D eigenvalue weighted by molar-refractivity contribution is -0.143. The molecule has 3 rings (SSSR count). The van der Waals surface area contributed by atoms with Gasteiger partial charge >= 0.3 is 5.97 Å². The van der Waals surface area contributed by atoms with Gasteiger partial charge in [0.2, 0.25) is 11.8 Å². The van der Waals surface area contributed by atoms with Gasteiger partial charge in [0.25, 0.3) is 0 Å². The molecule has 0 spiro atoms. The van der Waals surface area contributed by atoms with Gasteiger partial charge in [0, 0.05) is 0 Å². The lowest BCUT2D eigenvalue weighted by Gasteiger charge is -2.30. The van der Waals surface area contributed by atoms with Crippen molar-refractivity contribution in [3.05, 3.63) is 0 Å². The van der Waals surface area contributed by atoms with Crippen LogP contribution >= 0.6 is 0 Å². The Bertz CT molecular complexity index is 652. The van der Waals surface area contributed by atoms with E-state index in [-0.39, 0.29) is 11.8 Å². The van der Waals surface area contributed by atoms with Crippen molar-refractivity contribution >= 4 is 17.8 Å². The van der Waals surface area contributed by atoms with Crippen molar-refractivity contribution in [1.82, 2.24) is 10.6 Å². The summed E-state index contributed by atoms with van der Waals surface area (Å²) < 4.78 is 0. The minimum absolute atomic E-state index is 0.277. The molecule has 0 radical (unpaired) electrons. The van der Waals surface area contributed by atoms with E-state index in [1.807, 2.05) is 0 Å². The van der Waals surface area contributed by atoms with E-state index in [2.05, 4.69) is 10.6 Å². The van der Waals surface area contributed by atoms with Crippen molar-refractivity contribution < 1.29 is 19.5 Å². The van der Waals surface area contributed by atoms with Crippen LogP contribution in [0.2, 0.25) is 0 Å². The summed E-state index contributed by atoms with van der Waals surface area (Å²) in [6.45, 7) is 0. The zero-order chi connectivity index (χ0) is 24.3. The fourth-order valence-electron chi connectivity index (χ4n) is 6.41. The number of hydrogen-bond donors (Lipinski definition) is 4. The van der Waals surface area contributed by atoms with Crippen molar-refractivity contribution in [2.45, 2.75) is 134 Å². The molecule has 194 valence electrons. The molecule has 3 aliphatic rings. The highest BCUT2D eigenvalue weighted by Gasteiger charge is 2.32. The number of hydrogen-bond acceptors (Lipinski definition) is 4. The van der Waals surface area contributed by atoms with Crippen LogP contribution in [0.5, 0.6) is 0 Å². The first-order chi connectivity index (χ1) is 16.4. The second-order valence-corrected chi connectivity index (χ2v) is 11.3. The van der Waals surface area contributed by atoms with Gasteiger partial charge in [-0.3, -0.25) is 9.59 Å². The molecular weight excluding hydrogens is 430 g/mol. The lowest BCUT2D eigenvalue weighted by atomic mass is 9.83. The predicted molar refractivity (Wildman–Crippen MR) is 133 cm³/mol. The highest BCUT2D eigenvalue weighted by molar-refractivity contribution is 5.91. The van der Waals surface area contributed by atoms with Crippen LogP contribution in [-0.4, -0.2) is 41.0 Å². The van der Waals surface area contributed by atoms with Gasteiger partial charge in [-0.05, 0) is 37.0 Å². The molecule has 0 aliphatic heterocycles. The third-order valence-electron chi connectivity index (χ3n) is 8.48. The molecule has 0 aromatic rings. The summed E-state index contributed by atoms with van der Waals surface area (Å²) in [6, 6.07) is -2.25. The van der Waals surface area contributed by atoms with E-state index in [4.69, 9.17) is 5.73 Å². The zero-order valence-corrected chi connectivity index (χ0v) is 20.9. The molecule has 0 unspecified atom stereocenters. The summed E-state index contributed by atoms with van der Waals surface area (Å²) in [6.07, 6.45) is 18.7. The number of carbonyl (C=O) groups is 3. The Morgan fingerprint density at radius 1 is 0.618 bits per heavy atom. The molecule has 7 heteroatoms. The maximum Gasteiger partial charge on any atom is 0.326 e. The monoisotopic (exact) mass is 477 g/mol. The zero-order valence-electron chi connectivity index (χ0n) is 20.9. The Labute approximate surface area is 205 Å². The third kappa shape index (κ3) is 8.86. The molecule has 0 aromatic heterocycles. The van der Waals surface area contributed by atoms with E-state index in [1.54, 1.807) is 0 Å². The largest absolute Gasteiger partial charge is 0.480 e. The maximum absolute atomic E-state index is 13.3. The van der Waals surface area contributed by atoms with E-state index in [0.29, 0.717) is 37.0 Å². The minimum atomic E-state index is -0.990. The summed E-state index contributed by atoms with van der Waals surface area (Å²) in [5.41, 5.74) is 6.26. The summed E-state index contributed by atoms with van der Waals surface area (Å²) in [5, 5.41) is 15.5. The third-order valence-corrected chi connectivity index (χ3v) is 8.48. The Kier molecular flexibility index (Phi) is 11.1. The van der Waals surface area contributed by atoms with Crippen LogP contribution < -0.4 is 16.4 Å². The topological polar surface area (TPSA) is 122 Å². The minimum Gasteiger partial charge on any atom is -0.480 e. The summed E-state index contributed by atoms with van der Waals surface area (Å²) in [7, 11) is 0. The first kappa shape index (κ1) is 27.0. The Balaban J connectivity index is 1.60. The first-order valence-corrected chi connectivity index (χ1v) is 14.0. The summed E-state index contributed by atoms with van der Waals surface area (Å²) in [5.74, 6) is -0.443. The molecule has 3 aliphatic carbocycles. The molecule has 3 atom stereocenters. The molecule has 5 N–H and O–H groups in total. The predicted octanol–water partition coefficient (Wildman–Crippen LogP) is 4.28. The summed E-state index contributed by atoms with van der Waals surface area (Å²) in [4.78, 5) is 38.2. The van der Waals surface area contributed by atoms with Crippen LogP contribution in [0.25, 0.3) is 0 Å². The fourth-order valence-corrected chi connectivity index (χ4v) is 6.41. The molecule has 34 heavy (non-hydrogen) atoms. The maximum atomic E-state index is 13.3. The molecular formula is C27H47N3O4. The van der Waals surface area contributed by atoms with Crippen LogP contribution in [0.15, 0.2) is 0 Å². The van der Waals surface area contributed by atoms with Crippen molar-refractivity contribution in [3.63, 3.8) is 0 Å². The van der Waals surface area contributed by atoms with Crippen molar-refractivity contribution in [3.8, 4) is 0 Å². The number of carbonyl (C=O) groups excluding carboxylic acids is 2. The van der Waals surface area contributed by atoms with Crippen LogP contribution in [-0.2, 0) is 14.4 Å². The van der Waals surface area contributed by atoms with E-state index in [1.165, 1.54) is 32.1 Å². The average molecular weight is 478 g/mol. The average Bonchev–Trinajstić information content (AvgIpc) is 2.85. The fraction of sp³-hybridized carbons (Fsp3) is 0.889. The van der Waals surface area contributed by atoms with E-state index in [9.17, 15) is 19.5 Å². The van der Waals surface area contributed by atoms with E-state index >= 15 is 0 Å².